The van der Waals surface area contributed by atoms with Gasteiger partial charge in [-0.15, -0.1) is 0 Å². The molecular formula is C8H6BrFN2. The van der Waals surface area contributed by atoms with Crippen molar-refractivity contribution in [1.82, 2.24) is 10.2 Å². The van der Waals surface area contributed by atoms with Gasteiger partial charge in [-0.05, 0) is 13.0 Å². The molecule has 0 bridgehead atoms. The Labute approximate surface area is 76.9 Å². The maximum Gasteiger partial charge on any atom is 0.152 e. The predicted octanol–water partition coefficient (Wildman–Crippen LogP) is 2.77. The van der Waals surface area contributed by atoms with E-state index in [4.69, 9.17) is 0 Å². The highest BCUT2D eigenvalue weighted by atomic mass is 79.9. The summed E-state index contributed by atoms with van der Waals surface area (Å²) in [6.45, 7) is 1.72. The summed E-state index contributed by atoms with van der Waals surface area (Å²) in [5.74, 6) is -0.239. The van der Waals surface area contributed by atoms with E-state index in [0.717, 1.165) is 9.86 Å². The molecule has 0 aliphatic heterocycles. The Kier molecular flexibility index (Phi) is 1.65. The molecule has 0 radical (unpaired) electrons. The number of aromatic amines is 1. The number of benzene rings is 1. The summed E-state index contributed by atoms with van der Waals surface area (Å²) in [4.78, 5) is 0. The van der Waals surface area contributed by atoms with Crippen LogP contribution in [0.5, 0.6) is 0 Å². The minimum atomic E-state index is -0.239. The third kappa shape index (κ3) is 0.948. The van der Waals surface area contributed by atoms with Gasteiger partial charge in [-0.3, -0.25) is 5.10 Å². The van der Waals surface area contributed by atoms with Gasteiger partial charge in [-0.2, -0.15) is 5.10 Å². The molecule has 4 heteroatoms. The van der Waals surface area contributed by atoms with E-state index >= 15 is 0 Å². The molecule has 0 unspecified atom stereocenters. The van der Waals surface area contributed by atoms with E-state index in [0.29, 0.717) is 11.1 Å². The summed E-state index contributed by atoms with van der Waals surface area (Å²) in [5.41, 5.74) is 1.07. The first kappa shape index (κ1) is 7.73. The fraction of sp³-hybridized carbons (Fsp3) is 0.125. The zero-order chi connectivity index (χ0) is 8.72. The summed E-state index contributed by atoms with van der Waals surface area (Å²) in [6, 6.07) is 1.84. The first-order valence-electron chi connectivity index (χ1n) is 3.48. The summed E-state index contributed by atoms with van der Waals surface area (Å²) >= 11 is 3.27. The second-order valence-electron chi connectivity index (χ2n) is 2.63. The van der Waals surface area contributed by atoms with Crippen LogP contribution >= 0.6 is 15.9 Å². The summed E-state index contributed by atoms with van der Waals surface area (Å²) in [6.07, 6.45) is 1.60. The topological polar surface area (TPSA) is 28.7 Å². The van der Waals surface area contributed by atoms with Crippen LogP contribution in [0.15, 0.2) is 16.7 Å². The maximum atomic E-state index is 13.4. The molecule has 0 aliphatic carbocycles. The normalized spacial score (nSPS) is 10.9. The number of hydrogen-bond acceptors (Lipinski definition) is 1. The van der Waals surface area contributed by atoms with Crippen LogP contribution in [0.2, 0.25) is 0 Å². The molecule has 0 spiro atoms. The van der Waals surface area contributed by atoms with Gasteiger partial charge in [-0.1, -0.05) is 15.9 Å². The summed E-state index contributed by atoms with van der Waals surface area (Å²) < 4.78 is 14.2. The lowest BCUT2D eigenvalue weighted by Crippen LogP contribution is -1.85. The Hall–Kier alpha value is -0.900. The quantitative estimate of drug-likeness (QED) is 0.739. The van der Waals surface area contributed by atoms with E-state index in [1.165, 1.54) is 0 Å². The van der Waals surface area contributed by atoms with Crippen LogP contribution in [-0.4, -0.2) is 10.2 Å². The lowest BCUT2D eigenvalue weighted by atomic mass is 10.2. The number of rotatable bonds is 0. The molecule has 2 aromatic rings. The van der Waals surface area contributed by atoms with Crippen molar-refractivity contribution < 1.29 is 4.39 Å². The van der Waals surface area contributed by atoms with E-state index in [9.17, 15) is 4.39 Å². The van der Waals surface area contributed by atoms with E-state index in [2.05, 4.69) is 26.1 Å². The molecule has 0 aliphatic rings. The van der Waals surface area contributed by atoms with Gasteiger partial charge in [0.25, 0.3) is 0 Å². The van der Waals surface area contributed by atoms with Crippen molar-refractivity contribution in [2.45, 2.75) is 6.92 Å². The largest absolute Gasteiger partial charge is 0.275 e. The van der Waals surface area contributed by atoms with Gasteiger partial charge < -0.3 is 0 Å². The Balaban J connectivity index is 2.94. The van der Waals surface area contributed by atoms with Crippen molar-refractivity contribution >= 4 is 26.8 Å². The average Bonchev–Trinajstić information content (AvgIpc) is 2.48. The van der Waals surface area contributed by atoms with Gasteiger partial charge in [0.2, 0.25) is 0 Å². The van der Waals surface area contributed by atoms with Crippen molar-refractivity contribution in [2.75, 3.05) is 0 Å². The standard InChI is InChI=1S/C8H6BrFN2/c1-4-6(9)2-5-3-11-12-8(5)7(4)10/h2-3H,1H3,(H,11,12). The fourth-order valence-electron chi connectivity index (χ4n) is 1.12. The van der Waals surface area contributed by atoms with Gasteiger partial charge in [0.15, 0.2) is 5.82 Å². The van der Waals surface area contributed by atoms with E-state index in [1.54, 1.807) is 13.1 Å². The first-order valence-corrected chi connectivity index (χ1v) is 4.27. The van der Waals surface area contributed by atoms with Crippen LogP contribution in [0.25, 0.3) is 10.9 Å². The lowest BCUT2D eigenvalue weighted by Gasteiger charge is -1.99. The minimum Gasteiger partial charge on any atom is -0.275 e. The van der Waals surface area contributed by atoms with E-state index in [-0.39, 0.29) is 5.82 Å². The smallest absolute Gasteiger partial charge is 0.152 e. The monoisotopic (exact) mass is 228 g/mol. The van der Waals surface area contributed by atoms with Crippen molar-refractivity contribution in [3.8, 4) is 0 Å². The zero-order valence-electron chi connectivity index (χ0n) is 6.36. The Morgan fingerprint density at radius 2 is 2.33 bits per heavy atom. The van der Waals surface area contributed by atoms with Crippen molar-refractivity contribution in [3.05, 3.63) is 28.1 Å². The zero-order valence-corrected chi connectivity index (χ0v) is 7.94. The SMILES string of the molecule is Cc1c(Br)cc2cn[nH]c2c1F. The van der Waals surface area contributed by atoms with Gasteiger partial charge >= 0.3 is 0 Å². The fourth-order valence-corrected chi connectivity index (χ4v) is 1.54. The van der Waals surface area contributed by atoms with Gasteiger partial charge in [0.05, 0.1) is 6.20 Å². The Bertz CT molecular complexity index is 436. The molecule has 1 aromatic carbocycles. The summed E-state index contributed by atoms with van der Waals surface area (Å²) in [7, 11) is 0. The number of halogens is 2. The van der Waals surface area contributed by atoms with Gasteiger partial charge in [0, 0.05) is 15.4 Å². The van der Waals surface area contributed by atoms with Crippen molar-refractivity contribution in [2.24, 2.45) is 0 Å². The van der Waals surface area contributed by atoms with Crippen LogP contribution in [0, 0.1) is 12.7 Å². The second kappa shape index (κ2) is 2.55. The Morgan fingerprint density at radius 1 is 1.58 bits per heavy atom. The highest BCUT2D eigenvalue weighted by Gasteiger charge is 2.08. The van der Waals surface area contributed by atoms with E-state index < -0.39 is 0 Å². The molecule has 1 heterocycles. The molecule has 0 atom stereocenters. The molecule has 0 amide bonds. The summed E-state index contributed by atoms with van der Waals surface area (Å²) in [5, 5.41) is 7.15. The highest BCUT2D eigenvalue weighted by Crippen LogP contribution is 2.25. The van der Waals surface area contributed by atoms with E-state index in [1.807, 2.05) is 6.07 Å². The molecular weight excluding hydrogens is 223 g/mol. The van der Waals surface area contributed by atoms with Crippen LogP contribution in [-0.2, 0) is 0 Å². The Morgan fingerprint density at radius 3 is 3.08 bits per heavy atom. The van der Waals surface area contributed by atoms with Crippen LogP contribution < -0.4 is 0 Å². The lowest BCUT2D eigenvalue weighted by molar-refractivity contribution is 0.626. The van der Waals surface area contributed by atoms with Crippen LogP contribution in [0.3, 0.4) is 0 Å². The second-order valence-corrected chi connectivity index (χ2v) is 3.49. The number of hydrogen-bond donors (Lipinski definition) is 1. The number of nitrogens with one attached hydrogen (secondary N) is 1. The van der Waals surface area contributed by atoms with Gasteiger partial charge in [-0.25, -0.2) is 4.39 Å². The minimum absolute atomic E-state index is 0.239. The predicted molar refractivity (Wildman–Crippen MR) is 48.5 cm³/mol. The number of fused-ring (bicyclic) bond motifs is 1. The third-order valence-electron chi connectivity index (χ3n) is 1.86. The molecule has 12 heavy (non-hydrogen) atoms. The maximum absolute atomic E-state index is 13.4. The number of aromatic nitrogens is 2. The van der Waals surface area contributed by atoms with Crippen LogP contribution in [0.4, 0.5) is 4.39 Å². The molecule has 1 aromatic heterocycles. The van der Waals surface area contributed by atoms with Gasteiger partial charge in [0.1, 0.15) is 5.52 Å². The first-order chi connectivity index (χ1) is 5.70. The number of H-pyrrole nitrogens is 1. The van der Waals surface area contributed by atoms with Crippen molar-refractivity contribution in [1.29, 1.82) is 0 Å². The third-order valence-corrected chi connectivity index (χ3v) is 2.68. The average molecular weight is 229 g/mol. The molecule has 0 fully saturated rings. The molecule has 0 saturated heterocycles. The van der Waals surface area contributed by atoms with Crippen molar-refractivity contribution in [3.63, 3.8) is 0 Å². The molecule has 62 valence electrons. The highest BCUT2D eigenvalue weighted by molar-refractivity contribution is 9.10. The molecule has 2 nitrogen and oxygen atoms in total. The molecule has 1 N–H and O–H groups in total. The van der Waals surface area contributed by atoms with Crippen LogP contribution in [0.1, 0.15) is 5.56 Å². The molecule has 0 saturated carbocycles. The molecule has 2 rings (SSSR count). The number of nitrogens with zero attached hydrogens (tertiary/aromatic N) is 1.